The normalized spacial score (nSPS) is 10.9. The number of fused-ring (bicyclic) bond motifs is 1. The van der Waals surface area contributed by atoms with Crippen molar-refractivity contribution in [1.29, 1.82) is 0 Å². The highest BCUT2D eigenvalue weighted by Crippen LogP contribution is 2.21. The number of benzene rings is 1. The SMILES string of the molecule is O=c1ccn(Cc2nc3ccccc3s2)c(=O)[nH]1. The Bertz CT molecular complexity index is 783. The third kappa shape index (κ3) is 1.98. The number of thiazole rings is 1. The van der Waals surface area contributed by atoms with E-state index in [1.54, 1.807) is 11.3 Å². The van der Waals surface area contributed by atoms with Gasteiger partial charge in [-0.1, -0.05) is 12.1 Å². The zero-order valence-electron chi connectivity index (χ0n) is 9.29. The van der Waals surface area contributed by atoms with Crippen molar-refractivity contribution in [1.82, 2.24) is 14.5 Å². The Hall–Kier alpha value is -2.21. The predicted octanol–water partition coefficient (Wildman–Crippen LogP) is 1.19. The molecule has 0 unspecified atom stereocenters. The summed E-state index contributed by atoms with van der Waals surface area (Å²) in [7, 11) is 0. The molecule has 3 rings (SSSR count). The van der Waals surface area contributed by atoms with Gasteiger partial charge in [-0.25, -0.2) is 9.78 Å². The molecule has 0 aliphatic carbocycles. The third-order valence-corrected chi connectivity index (χ3v) is 3.56. The smallest absolute Gasteiger partial charge is 0.294 e. The molecule has 1 aromatic carbocycles. The van der Waals surface area contributed by atoms with Crippen LogP contribution >= 0.6 is 11.3 Å². The van der Waals surface area contributed by atoms with Crippen LogP contribution in [-0.2, 0) is 6.54 Å². The van der Waals surface area contributed by atoms with Crippen LogP contribution in [0.4, 0.5) is 0 Å². The van der Waals surface area contributed by atoms with E-state index in [0.717, 1.165) is 15.2 Å². The van der Waals surface area contributed by atoms with Crippen molar-refractivity contribution in [3.63, 3.8) is 0 Å². The van der Waals surface area contributed by atoms with Crippen LogP contribution in [0.15, 0.2) is 46.1 Å². The van der Waals surface area contributed by atoms with Crippen molar-refractivity contribution in [2.24, 2.45) is 0 Å². The van der Waals surface area contributed by atoms with E-state index in [9.17, 15) is 9.59 Å². The summed E-state index contributed by atoms with van der Waals surface area (Å²) in [5.74, 6) is 0. The Labute approximate surface area is 105 Å². The fourth-order valence-corrected chi connectivity index (χ4v) is 2.67. The lowest BCUT2D eigenvalue weighted by Crippen LogP contribution is -2.28. The van der Waals surface area contributed by atoms with Crippen LogP contribution in [0.5, 0.6) is 0 Å². The molecule has 0 aliphatic heterocycles. The van der Waals surface area contributed by atoms with Crippen LogP contribution in [0.25, 0.3) is 10.2 Å². The van der Waals surface area contributed by atoms with Crippen LogP contribution in [0.1, 0.15) is 5.01 Å². The van der Waals surface area contributed by atoms with Crippen LogP contribution in [0.3, 0.4) is 0 Å². The molecule has 0 fully saturated rings. The lowest BCUT2D eigenvalue weighted by atomic mass is 10.3. The number of hydrogen-bond donors (Lipinski definition) is 1. The van der Waals surface area contributed by atoms with Crippen molar-refractivity contribution < 1.29 is 0 Å². The molecule has 90 valence electrons. The lowest BCUT2D eigenvalue weighted by Gasteiger charge is -1.99. The highest BCUT2D eigenvalue weighted by molar-refractivity contribution is 7.18. The van der Waals surface area contributed by atoms with Gasteiger partial charge in [0.05, 0.1) is 16.8 Å². The maximum Gasteiger partial charge on any atom is 0.328 e. The molecular formula is C12H9N3O2S. The molecule has 0 spiro atoms. The second-order valence-electron chi connectivity index (χ2n) is 3.81. The Balaban J connectivity index is 2.01. The Morgan fingerprint density at radius 2 is 2.06 bits per heavy atom. The first-order valence-corrected chi connectivity index (χ1v) is 6.18. The first kappa shape index (κ1) is 10.9. The van der Waals surface area contributed by atoms with Gasteiger partial charge in [0.15, 0.2) is 0 Å². The molecule has 0 atom stereocenters. The topological polar surface area (TPSA) is 67.8 Å². The summed E-state index contributed by atoms with van der Waals surface area (Å²) < 4.78 is 2.52. The number of aromatic amines is 1. The largest absolute Gasteiger partial charge is 0.328 e. The summed E-state index contributed by atoms with van der Waals surface area (Å²) in [6.07, 6.45) is 1.48. The Kier molecular flexibility index (Phi) is 2.56. The molecule has 6 heteroatoms. The summed E-state index contributed by atoms with van der Waals surface area (Å²) in [5.41, 5.74) is 0.122. The van der Waals surface area contributed by atoms with E-state index in [1.165, 1.54) is 16.8 Å². The molecule has 0 radical (unpaired) electrons. The number of nitrogens with zero attached hydrogens (tertiary/aromatic N) is 2. The monoisotopic (exact) mass is 259 g/mol. The molecule has 1 N–H and O–H groups in total. The van der Waals surface area contributed by atoms with Gasteiger partial charge >= 0.3 is 5.69 Å². The highest BCUT2D eigenvalue weighted by Gasteiger charge is 2.04. The Morgan fingerprint density at radius 3 is 2.83 bits per heavy atom. The van der Waals surface area contributed by atoms with Gasteiger partial charge in [0.25, 0.3) is 5.56 Å². The van der Waals surface area contributed by atoms with Gasteiger partial charge in [-0.05, 0) is 12.1 Å². The summed E-state index contributed by atoms with van der Waals surface area (Å²) >= 11 is 1.54. The molecule has 0 saturated heterocycles. The molecule has 0 amide bonds. The molecule has 3 aromatic rings. The molecular weight excluding hydrogens is 250 g/mol. The van der Waals surface area contributed by atoms with E-state index in [4.69, 9.17) is 0 Å². The molecule has 0 saturated carbocycles. The average molecular weight is 259 g/mol. The van der Waals surface area contributed by atoms with Crippen LogP contribution < -0.4 is 11.2 Å². The van der Waals surface area contributed by atoms with Gasteiger partial charge in [0.1, 0.15) is 5.01 Å². The first-order chi connectivity index (χ1) is 8.72. The zero-order chi connectivity index (χ0) is 12.5. The van der Waals surface area contributed by atoms with E-state index in [1.807, 2.05) is 24.3 Å². The second-order valence-corrected chi connectivity index (χ2v) is 4.93. The minimum atomic E-state index is -0.415. The van der Waals surface area contributed by atoms with E-state index in [0.29, 0.717) is 6.54 Å². The van der Waals surface area contributed by atoms with Crippen molar-refractivity contribution in [3.8, 4) is 0 Å². The van der Waals surface area contributed by atoms with Gasteiger partial charge in [-0.3, -0.25) is 14.3 Å². The summed E-state index contributed by atoms with van der Waals surface area (Å²) in [4.78, 5) is 29.2. The van der Waals surface area contributed by atoms with Crippen LogP contribution in [0.2, 0.25) is 0 Å². The van der Waals surface area contributed by atoms with Gasteiger partial charge in [-0.2, -0.15) is 0 Å². The second kappa shape index (κ2) is 4.23. The zero-order valence-corrected chi connectivity index (χ0v) is 10.1. The highest BCUT2D eigenvalue weighted by atomic mass is 32.1. The summed E-state index contributed by atoms with van der Waals surface area (Å²) in [5, 5.41) is 0.838. The molecule has 5 nitrogen and oxygen atoms in total. The van der Waals surface area contributed by atoms with Crippen LogP contribution in [0, 0.1) is 0 Å². The number of aromatic nitrogens is 3. The van der Waals surface area contributed by atoms with Crippen LogP contribution in [-0.4, -0.2) is 14.5 Å². The fraction of sp³-hybridized carbons (Fsp3) is 0.0833. The average Bonchev–Trinajstić information content (AvgIpc) is 2.75. The van der Waals surface area contributed by atoms with Crippen molar-refractivity contribution in [3.05, 3.63) is 62.4 Å². The predicted molar refractivity (Wildman–Crippen MR) is 70.0 cm³/mol. The van der Waals surface area contributed by atoms with Gasteiger partial charge < -0.3 is 0 Å². The standard InChI is InChI=1S/C12H9N3O2S/c16-10-5-6-15(12(17)14-10)7-11-13-8-3-1-2-4-9(8)18-11/h1-6H,7H2,(H,14,16,17). The third-order valence-electron chi connectivity index (χ3n) is 2.54. The van der Waals surface area contributed by atoms with Crippen molar-refractivity contribution >= 4 is 21.6 Å². The fourth-order valence-electron chi connectivity index (χ4n) is 1.70. The number of H-pyrrole nitrogens is 1. The van der Waals surface area contributed by atoms with E-state index >= 15 is 0 Å². The van der Waals surface area contributed by atoms with Gasteiger partial charge in [-0.15, -0.1) is 11.3 Å². The Morgan fingerprint density at radius 1 is 1.22 bits per heavy atom. The maximum absolute atomic E-state index is 11.5. The first-order valence-electron chi connectivity index (χ1n) is 5.36. The molecule has 0 bridgehead atoms. The minimum Gasteiger partial charge on any atom is -0.294 e. The maximum atomic E-state index is 11.5. The summed E-state index contributed by atoms with van der Waals surface area (Å²) in [6, 6.07) is 9.14. The quantitative estimate of drug-likeness (QED) is 0.751. The molecule has 2 aromatic heterocycles. The lowest BCUT2D eigenvalue weighted by molar-refractivity contribution is 0.718. The number of hydrogen-bond acceptors (Lipinski definition) is 4. The van der Waals surface area contributed by atoms with E-state index in [-0.39, 0.29) is 5.56 Å². The summed E-state index contributed by atoms with van der Waals surface area (Å²) in [6.45, 7) is 0.370. The number of para-hydroxylation sites is 1. The van der Waals surface area contributed by atoms with Crippen molar-refractivity contribution in [2.45, 2.75) is 6.54 Å². The number of rotatable bonds is 2. The van der Waals surface area contributed by atoms with E-state index < -0.39 is 5.69 Å². The molecule has 18 heavy (non-hydrogen) atoms. The van der Waals surface area contributed by atoms with Crippen molar-refractivity contribution in [2.75, 3.05) is 0 Å². The number of nitrogens with one attached hydrogen (secondary N) is 1. The van der Waals surface area contributed by atoms with Gasteiger partial charge in [0, 0.05) is 12.3 Å². The van der Waals surface area contributed by atoms with Gasteiger partial charge in [0.2, 0.25) is 0 Å². The molecule has 0 aliphatic rings. The molecule has 2 heterocycles. The van der Waals surface area contributed by atoms with E-state index in [2.05, 4.69) is 9.97 Å². The minimum absolute atomic E-state index is 0.370.